The molecule has 0 radical (unpaired) electrons. The number of aromatic nitrogens is 3. The standard InChI is InChI=1S/C14H12BrN5/c1-16-14-18-8-11(15)13(20-14)19-12-4-2-3-9-5-6-17-7-10(9)12/h2-8H,1H3,(H2,16,18,19,20). The number of benzene rings is 1. The number of rotatable bonds is 3. The Balaban J connectivity index is 2.05. The van der Waals surface area contributed by atoms with E-state index in [4.69, 9.17) is 0 Å². The van der Waals surface area contributed by atoms with Crippen LogP contribution in [0, 0.1) is 0 Å². The van der Waals surface area contributed by atoms with Crippen LogP contribution >= 0.6 is 15.9 Å². The van der Waals surface area contributed by atoms with Crippen molar-refractivity contribution in [2.45, 2.75) is 0 Å². The molecule has 0 aliphatic carbocycles. The molecule has 3 aromatic rings. The van der Waals surface area contributed by atoms with Crippen molar-refractivity contribution < 1.29 is 0 Å². The highest BCUT2D eigenvalue weighted by molar-refractivity contribution is 9.10. The van der Waals surface area contributed by atoms with Gasteiger partial charge in [-0.1, -0.05) is 12.1 Å². The van der Waals surface area contributed by atoms with Crippen LogP contribution in [0.3, 0.4) is 0 Å². The first-order chi connectivity index (χ1) is 9.78. The normalized spacial score (nSPS) is 10.5. The number of hydrogen-bond acceptors (Lipinski definition) is 5. The van der Waals surface area contributed by atoms with Gasteiger partial charge in [0.15, 0.2) is 0 Å². The molecule has 0 amide bonds. The second-order valence-electron chi connectivity index (χ2n) is 4.17. The van der Waals surface area contributed by atoms with Crippen molar-refractivity contribution in [1.29, 1.82) is 0 Å². The number of anilines is 3. The quantitative estimate of drug-likeness (QED) is 0.769. The number of nitrogens with zero attached hydrogens (tertiary/aromatic N) is 3. The minimum Gasteiger partial charge on any atom is -0.357 e. The zero-order valence-corrected chi connectivity index (χ0v) is 12.3. The van der Waals surface area contributed by atoms with E-state index < -0.39 is 0 Å². The van der Waals surface area contributed by atoms with E-state index in [9.17, 15) is 0 Å². The summed E-state index contributed by atoms with van der Waals surface area (Å²) in [5, 5.41) is 8.41. The van der Waals surface area contributed by atoms with E-state index in [-0.39, 0.29) is 0 Å². The van der Waals surface area contributed by atoms with Gasteiger partial charge in [0, 0.05) is 36.7 Å². The first-order valence-electron chi connectivity index (χ1n) is 6.08. The lowest BCUT2D eigenvalue weighted by molar-refractivity contribution is 1.14. The van der Waals surface area contributed by atoms with Crippen LogP contribution in [0.4, 0.5) is 17.5 Å². The Morgan fingerprint density at radius 2 is 2.05 bits per heavy atom. The molecule has 20 heavy (non-hydrogen) atoms. The monoisotopic (exact) mass is 329 g/mol. The molecule has 0 aliphatic heterocycles. The average molecular weight is 330 g/mol. The molecular formula is C14H12BrN5. The van der Waals surface area contributed by atoms with E-state index >= 15 is 0 Å². The van der Waals surface area contributed by atoms with Crippen molar-refractivity contribution in [3.63, 3.8) is 0 Å². The van der Waals surface area contributed by atoms with Crippen molar-refractivity contribution in [3.8, 4) is 0 Å². The Bertz CT molecular complexity index is 754. The van der Waals surface area contributed by atoms with Gasteiger partial charge in [0.25, 0.3) is 0 Å². The Labute approximate surface area is 124 Å². The number of pyridine rings is 1. The lowest BCUT2D eigenvalue weighted by Gasteiger charge is -2.11. The van der Waals surface area contributed by atoms with Crippen molar-refractivity contribution in [2.24, 2.45) is 0 Å². The lowest BCUT2D eigenvalue weighted by atomic mass is 10.1. The van der Waals surface area contributed by atoms with Crippen LogP contribution in [0.15, 0.2) is 47.3 Å². The maximum atomic E-state index is 4.39. The number of nitrogens with one attached hydrogen (secondary N) is 2. The summed E-state index contributed by atoms with van der Waals surface area (Å²) in [6.07, 6.45) is 5.34. The zero-order valence-electron chi connectivity index (χ0n) is 10.8. The fourth-order valence-corrected chi connectivity index (χ4v) is 2.22. The van der Waals surface area contributed by atoms with Gasteiger partial charge in [0.1, 0.15) is 5.82 Å². The van der Waals surface area contributed by atoms with E-state index in [1.54, 1.807) is 19.4 Å². The van der Waals surface area contributed by atoms with E-state index in [1.807, 2.05) is 24.4 Å². The van der Waals surface area contributed by atoms with Crippen molar-refractivity contribution in [1.82, 2.24) is 15.0 Å². The van der Waals surface area contributed by atoms with Crippen LogP contribution in [-0.4, -0.2) is 22.0 Å². The first-order valence-corrected chi connectivity index (χ1v) is 6.87. The number of halogens is 1. The average Bonchev–Trinajstić information content (AvgIpc) is 2.50. The molecule has 2 heterocycles. The molecule has 5 nitrogen and oxygen atoms in total. The molecule has 0 fully saturated rings. The first kappa shape index (κ1) is 12.8. The van der Waals surface area contributed by atoms with Gasteiger partial charge >= 0.3 is 0 Å². The summed E-state index contributed by atoms with van der Waals surface area (Å²) < 4.78 is 0.803. The molecule has 0 atom stereocenters. The third-order valence-corrected chi connectivity index (χ3v) is 3.48. The van der Waals surface area contributed by atoms with E-state index in [0.717, 1.165) is 20.9 Å². The molecule has 0 saturated heterocycles. The van der Waals surface area contributed by atoms with Gasteiger partial charge in [-0.15, -0.1) is 0 Å². The van der Waals surface area contributed by atoms with Crippen molar-refractivity contribution in [3.05, 3.63) is 47.3 Å². The Morgan fingerprint density at radius 1 is 1.15 bits per heavy atom. The highest BCUT2D eigenvalue weighted by atomic mass is 79.9. The maximum Gasteiger partial charge on any atom is 0.224 e. The predicted octanol–water partition coefficient (Wildman–Crippen LogP) is 3.57. The summed E-state index contributed by atoms with van der Waals surface area (Å²) in [6.45, 7) is 0. The Hall–Kier alpha value is -2.21. The van der Waals surface area contributed by atoms with Crippen LogP contribution in [0.2, 0.25) is 0 Å². The molecule has 0 bridgehead atoms. The van der Waals surface area contributed by atoms with Crippen LogP contribution in [0.1, 0.15) is 0 Å². The van der Waals surface area contributed by atoms with Gasteiger partial charge < -0.3 is 10.6 Å². The fraction of sp³-hybridized carbons (Fsp3) is 0.0714. The summed E-state index contributed by atoms with van der Waals surface area (Å²) >= 11 is 3.45. The molecule has 6 heteroatoms. The van der Waals surface area contributed by atoms with Gasteiger partial charge in [-0.25, -0.2) is 4.98 Å². The third kappa shape index (κ3) is 2.42. The van der Waals surface area contributed by atoms with E-state index in [0.29, 0.717) is 11.8 Å². The summed E-state index contributed by atoms with van der Waals surface area (Å²) in [5.41, 5.74) is 0.956. The van der Waals surface area contributed by atoms with Gasteiger partial charge in [0.2, 0.25) is 5.95 Å². The zero-order chi connectivity index (χ0) is 13.9. The smallest absolute Gasteiger partial charge is 0.224 e. The summed E-state index contributed by atoms with van der Waals surface area (Å²) in [4.78, 5) is 12.7. The summed E-state index contributed by atoms with van der Waals surface area (Å²) in [5.74, 6) is 1.27. The van der Waals surface area contributed by atoms with Crippen LogP contribution in [0.5, 0.6) is 0 Å². The molecule has 0 unspecified atom stereocenters. The van der Waals surface area contributed by atoms with Crippen LogP contribution < -0.4 is 10.6 Å². The predicted molar refractivity (Wildman–Crippen MR) is 84.3 cm³/mol. The van der Waals surface area contributed by atoms with E-state index in [1.165, 1.54) is 0 Å². The topological polar surface area (TPSA) is 62.7 Å². The SMILES string of the molecule is CNc1ncc(Br)c(Nc2cccc3ccncc23)n1. The molecule has 0 saturated carbocycles. The summed E-state index contributed by atoms with van der Waals surface area (Å²) in [7, 11) is 1.79. The fourth-order valence-electron chi connectivity index (χ4n) is 1.93. The lowest BCUT2D eigenvalue weighted by Crippen LogP contribution is -2.01. The van der Waals surface area contributed by atoms with Gasteiger partial charge in [-0.05, 0) is 33.4 Å². The molecule has 3 rings (SSSR count). The molecule has 2 N–H and O–H groups in total. The molecular weight excluding hydrogens is 318 g/mol. The summed E-state index contributed by atoms with van der Waals surface area (Å²) in [6, 6.07) is 8.03. The Morgan fingerprint density at radius 3 is 2.90 bits per heavy atom. The molecule has 0 aliphatic rings. The second kappa shape index (κ2) is 5.42. The maximum absolute atomic E-state index is 4.39. The van der Waals surface area contributed by atoms with Crippen molar-refractivity contribution >= 4 is 44.2 Å². The third-order valence-electron chi connectivity index (χ3n) is 2.90. The second-order valence-corrected chi connectivity index (χ2v) is 5.02. The van der Waals surface area contributed by atoms with Crippen LogP contribution in [0.25, 0.3) is 10.8 Å². The molecule has 1 aromatic carbocycles. The number of fused-ring (bicyclic) bond motifs is 1. The minimum absolute atomic E-state index is 0.564. The molecule has 2 aromatic heterocycles. The van der Waals surface area contributed by atoms with Gasteiger partial charge in [-0.3, -0.25) is 4.98 Å². The minimum atomic E-state index is 0.564. The molecule has 100 valence electrons. The van der Waals surface area contributed by atoms with Gasteiger partial charge in [-0.2, -0.15) is 4.98 Å². The van der Waals surface area contributed by atoms with E-state index in [2.05, 4.69) is 47.6 Å². The molecule has 0 spiro atoms. The number of hydrogen-bond donors (Lipinski definition) is 2. The Kier molecular flexibility index (Phi) is 3.47. The van der Waals surface area contributed by atoms with Gasteiger partial charge in [0.05, 0.1) is 4.47 Å². The highest BCUT2D eigenvalue weighted by Crippen LogP contribution is 2.28. The van der Waals surface area contributed by atoms with Crippen molar-refractivity contribution in [2.75, 3.05) is 17.7 Å². The van der Waals surface area contributed by atoms with Crippen LogP contribution in [-0.2, 0) is 0 Å². The highest BCUT2D eigenvalue weighted by Gasteiger charge is 2.07. The largest absolute Gasteiger partial charge is 0.357 e.